The fourth-order valence-corrected chi connectivity index (χ4v) is 5.13. The Morgan fingerprint density at radius 1 is 1.00 bits per heavy atom. The maximum absolute atomic E-state index is 13.8. The third-order valence-corrected chi connectivity index (χ3v) is 6.58. The molecule has 4 rings (SSSR count). The number of rotatable bonds is 2. The van der Waals surface area contributed by atoms with Crippen LogP contribution >= 0.6 is 0 Å². The van der Waals surface area contributed by atoms with E-state index in [4.69, 9.17) is 0 Å². The molecule has 3 aromatic carbocycles. The van der Waals surface area contributed by atoms with Gasteiger partial charge in [-0.3, -0.25) is 9.10 Å². The van der Waals surface area contributed by atoms with Crippen molar-refractivity contribution in [3.05, 3.63) is 72.0 Å². The summed E-state index contributed by atoms with van der Waals surface area (Å²) >= 11 is 0. The number of ketones is 1. The predicted molar refractivity (Wildman–Crippen MR) is 98.4 cm³/mol. The number of sulfonamides is 1. The Labute approximate surface area is 150 Å². The summed E-state index contributed by atoms with van der Waals surface area (Å²) in [6, 6.07) is 15.4. The molecule has 1 atom stereocenters. The minimum absolute atomic E-state index is 0.0610. The summed E-state index contributed by atoms with van der Waals surface area (Å²) in [7, 11) is -3.94. The first-order valence-corrected chi connectivity index (χ1v) is 9.68. The number of nitrogens with zero attached hydrogens (tertiary/aromatic N) is 1. The fourth-order valence-electron chi connectivity index (χ4n) is 3.43. The van der Waals surface area contributed by atoms with Gasteiger partial charge in [0.2, 0.25) is 0 Å². The van der Waals surface area contributed by atoms with Crippen molar-refractivity contribution >= 4 is 32.3 Å². The van der Waals surface area contributed by atoms with Crippen LogP contribution in [0.2, 0.25) is 0 Å². The summed E-state index contributed by atoms with van der Waals surface area (Å²) in [5.41, 5.74) is 0.329. The Balaban J connectivity index is 1.90. The van der Waals surface area contributed by atoms with Crippen molar-refractivity contribution in [1.29, 1.82) is 0 Å². The van der Waals surface area contributed by atoms with Gasteiger partial charge in [0.05, 0.1) is 10.6 Å². The standard InChI is InChI=1S/C20H16FNO3S/c1-13-10-20(23)18-9-7-16(21)12-19(18)22(13)26(24,25)17-8-6-14-4-2-3-5-15(14)11-17/h2-9,11-13H,10H2,1H3/t13-/m0/s1. The number of Topliss-reactive ketones (excluding diaryl/α,β-unsaturated/α-hetero) is 1. The topological polar surface area (TPSA) is 54.5 Å². The van der Waals surface area contributed by atoms with E-state index in [-0.39, 0.29) is 28.4 Å². The Hall–Kier alpha value is -2.73. The average molecular weight is 369 g/mol. The van der Waals surface area contributed by atoms with Crippen molar-refractivity contribution in [3.8, 4) is 0 Å². The number of carbonyl (C=O) groups excluding carboxylic acids is 1. The molecular formula is C20H16FNO3S. The molecule has 1 heterocycles. The minimum atomic E-state index is -3.94. The van der Waals surface area contributed by atoms with Gasteiger partial charge in [-0.2, -0.15) is 0 Å². The Morgan fingerprint density at radius 2 is 1.73 bits per heavy atom. The number of benzene rings is 3. The molecule has 0 unspecified atom stereocenters. The largest absolute Gasteiger partial charge is 0.294 e. The predicted octanol–water partition coefficient (Wildman–Crippen LogP) is 4.15. The molecule has 0 N–H and O–H groups in total. The molecule has 6 heteroatoms. The van der Waals surface area contributed by atoms with E-state index >= 15 is 0 Å². The number of hydrogen-bond acceptors (Lipinski definition) is 3. The molecule has 0 bridgehead atoms. The van der Waals surface area contributed by atoms with Gasteiger partial charge >= 0.3 is 0 Å². The van der Waals surface area contributed by atoms with Gasteiger partial charge in [-0.1, -0.05) is 30.3 Å². The molecule has 3 aromatic rings. The molecular weight excluding hydrogens is 353 g/mol. The van der Waals surface area contributed by atoms with Crippen LogP contribution in [-0.4, -0.2) is 20.2 Å². The molecule has 4 nitrogen and oxygen atoms in total. The van der Waals surface area contributed by atoms with Gasteiger partial charge in [-0.15, -0.1) is 0 Å². The van der Waals surface area contributed by atoms with Crippen LogP contribution in [-0.2, 0) is 10.0 Å². The van der Waals surface area contributed by atoms with E-state index in [2.05, 4.69) is 0 Å². The number of halogens is 1. The number of carbonyl (C=O) groups is 1. The lowest BCUT2D eigenvalue weighted by Gasteiger charge is -2.35. The van der Waals surface area contributed by atoms with Crippen molar-refractivity contribution in [3.63, 3.8) is 0 Å². The monoisotopic (exact) mass is 369 g/mol. The van der Waals surface area contributed by atoms with Gasteiger partial charge in [0.1, 0.15) is 5.82 Å². The second kappa shape index (κ2) is 5.92. The van der Waals surface area contributed by atoms with E-state index < -0.39 is 21.9 Å². The van der Waals surface area contributed by atoms with Crippen LogP contribution in [0.1, 0.15) is 23.7 Å². The zero-order valence-corrected chi connectivity index (χ0v) is 14.8. The lowest BCUT2D eigenvalue weighted by Crippen LogP contribution is -2.43. The normalized spacial score (nSPS) is 17.4. The zero-order chi connectivity index (χ0) is 18.5. The highest BCUT2D eigenvalue weighted by Gasteiger charge is 2.37. The van der Waals surface area contributed by atoms with Gasteiger partial charge in [0.15, 0.2) is 5.78 Å². The van der Waals surface area contributed by atoms with Crippen LogP contribution in [0.25, 0.3) is 10.8 Å². The lowest BCUT2D eigenvalue weighted by atomic mass is 9.97. The van der Waals surface area contributed by atoms with E-state index in [9.17, 15) is 17.6 Å². The molecule has 1 aliphatic rings. The van der Waals surface area contributed by atoms with Crippen molar-refractivity contribution in [1.82, 2.24) is 0 Å². The van der Waals surface area contributed by atoms with Crippen molar-refractivity contribution in [2.75, 3.05) is 4.31 Å². The third-order valence-electron chi connectivity index (χ3n) is 4.66. The Morgan fingerprint density at radius 3 is 2.50 bits per heavy atom. The number of anilines is 1. The molecule has 26 heavy (non-hydrogen) atoms. The maximum atomic E-state index is 13.8. The van der Waals surface area contributed by atoms with Crippen LogP contribution in [0.15, 0.2) is 65.6 Å². The second-order valence-electron chi connectivity index (χ2n) is 6.45. The van der Waals surface area contributed by atoms with Crippen molar-refractivity contribution in [2.24, 2.45) is 0 Å². The Bertz CT molecular complexity index is 1140. The van der Waals surface area contributed by atoms with E-state index in [0.717, 1.165) is 21.1 Å². The van der Waals surface area contributed by atoms with Gasteiger partial charge in [-0.05, 0) is 48.0 Å². The van der Waals surface area contributed by atoms with E-state index in [0.29, 0.717) is 0 Å². The summed E-state index contributed by atoms with van der Waals surface area (Å²) in [6.45, 7) is 1.66. The second-order valence-corrected chi connectivity index (χ2v) is 8.26. The van der Waals surface area contributed by atoms with Crippen molar-refractivity contribution in [2.45, 2.75) is 24.3 Å². The molecule has 132 valence electrons. The molecule has 0 amide bonds. The van der Waals surface area contributed by atoms with Gasteiger partial charge < -0.3 is 0 Å². The van der Waals surface area contributed by atoms with Crippen LogP contribution in [0, 0.1) is 5.82 Å². The summed E-state index contributed by atoms with van der Waals surface area (Å²) in [6.07, 6.45) is 0.0610. The van der Waals surface area contributed by atoms with E-state index in [1.54, 1.807) is 25.1 Å². The summed E-state index contributed by atoms with van der Waals surface area (Å²) in [5, 5.41) is 1.73. The molecule has 0 aromatic heterocycles. The van der Waals surface area contributed by atoms with Crippen LogP contribution < -0.4 is 4.31 Å². The zero-order valence-electron chi connectivity index (χ0n) is 14.0. The highest BCUT2D eigenvalue weighted by atomic mass is 32.2. The van der Waals surface area contributed by atoms with Crippen LogP contribution in [0.3, 0.4) is 0 Å². The molecule has 0 saturated heterocycles. The van der Waals surface area contributed by atoms with Crippen LogP contribution in [0.5, 0.6) is 0 Å². The summed E-state index contributed by atoms with van der Waals surface area (Å²) < 4.78 is 41.6. The SMILES string of the molecule is C[C@H]1CC(=O)c2ccc(F)cc2N1S(=O)(=O)c1ccc2ccccc2c1. The van der Waals surface area contributed by atoms with E-state index in [1.165, 1.54) is 12.1 Å². The average Bonchev–Trinajstić information content (AvgIpc) is 2.60. The van der Waals surface area contributed by atoms with Gasteiger partial charge in [0, 0.05) is 18.0 Å². The first-order valence-electron chi connectivity index (χ1n) is 8.24. The molecule has 1 aliphatic heterocycles. The quantitative estimate of drug-likeness (QED) is 0.682. The molecule has 0 fully saturated rings. The van der Waals surface area contributed by atoms with Gasteiger partial charge in [0.25, 0.3) is 10.0 Å². The van der Waals surface area contributed by atoms with Gasteiger partial charge in [-0.25, -0.2) is 12.8 Å². The molecule has 0 spiro atoms. The number of hydrogen-bond donors (Lipinski definition) is 0. The van der Waals surface area contributed by atoms with Crippen molar-refractivity contribution < 1.29 is 17.6 Å². The smallest absolute Gasteiger partial charge is 0.264 e. The molecule has 0 radical (unpaired) electrons. The Kier molecular flexibility index (Phi) is 3.80. The molecule has 0 aliphatic carbocycles. The first-order chi connectivity index (χ1) is 12.4. The molecule has 0 saturated carbocycles. The highest BCUT2D eigenvalue weighted by Crippen LogP contribution is 2.36. The minimum Gasteiger partial charge on any atom is -0.294 e. The third kappa shape index (κ3) is 2.57. The fraction of sp³-hybridized carbons (Fsp3) is 0.150. The van der Waals surface area contributed by atoms with E-state index in [1.807, 2.05) is 24.3 Å². The summed E-state index contributed by atoms with van der Waals surface area (Å²) in [4.78, 5) is 12.4. The maximum Gasteiger partial charge on any atom is 0.264 e. The lowest BCUT2D eigenvalue weighted by molar-refractivity contribution is 0.0972. The summed E-state index contributed by atoms with van der Waals surface area (Å²) in [5.74, 6) is -0.762. The van der Waals surface area contributed by atoms with Crippen LogP contribution in [0.4, 0.5) is 10.1 Å². The highest BCUT2D eigenvalue weighted by molar-refractivity contribution is 7.92. The first kappa shape index (κ1) is 16.7. The number of fused-ring (bicyclic) bond motifs is 2.